The van der Waals surface area contributed by atoms with Gasteiger partial charge in [0, 0.05) is 5.69 Å². The Balaban J connectivity index is 1.98. The summed E-state index contributed by atoms with van der Waals surface area (Å²) in [5.41, 5.74) is 1.36. The van der Waals surface area contributed by atoms with Gasteiger partial charge in [-0.2, -0.15) is 0 Å². The lowest BCUT2D eigenvalue weighted by Crippen LogP contribution is -2.19. The van der Waals surface area contributed by atoms with Crippen molar-refractivity contribution in [1.82, 2.24) is 0 Å². The van der Waals surface area contributed by atoms with Crippen LogP contribution in [0.15, 0.2) is 42.5 Å². The highest BCUT2D eigenvalue weighted by Gasteiger charge is 2.04. The van der Waals surface area contributed by atoms with Crippen LogP contribution < -0.4 is 15.4 Å². The van der Waals surface area contributed by atoms with Gasteiger partial charge in [-0.1, -0.05) is 11.6 Å². The number of ether oxygens (including phenoxy) is 1. The number of hydrogen-bond acceptors (Lipinski definition) is 2. The lowest BCUT2D eigenvalue weighted by Gasteiger charge is -2.12. The molecule has 0 radical (unpaired) electrons. The van der Waals surface area contributed by atoms with Crippen LogP contribution in [0, 0.1) is 5.82 Å². The summed E-state index contributed by atoms with van der Waals surface area (Å²) in [6.45, 7) is 2.55. The van der Waals surface area contributed by atoms with Crippen LogP contribution in [-0.2, 0) is 0 Å². The van der Waals surface area contributed by atoms with E-state index in [4.69, 9.17) is 28.6 Å². The van der Waals surface area contributed by atoms with Crippen LogP contribution in [0.2, 0.25) is 5.02 Å². The Kier molecular flexibility index (Phi) is 5.36. The summed E-state index contributed by atoms with van der Waals surface area (Å²) in [6.07, 6.45) is 0. The first-order chi connectivity index (χ1) is 10.1. The largest absolute Gasteiger partial charge is 0.494 e. The molecule has 0 aliphatic rings. The minimum atomic E-state index is -0.393. The summed E-state index contributed by atoms with van der Waals surface area (Å²) < 4.78 is 18.3. The molecule has 2 aromatic rings. The Labute approximate surface area is 133 Å². The molecule has 0 saturated heterocycles. The molecule has 0 aromatic heterocycles. The highest BCUT2D eigenvalue weighted by Crippen LogP contribution is 2.23. The number of rotatable bonds is 4. The van der Waals surface area contributed by atoms with Gasteiger partial charge in [-0.3, -0.25) is 0 Å². The standard InChI is InChI=1S/C15H14ClFN2OS/c1-2-20-12-6-4-11(5-7-12)18-15(21)19-14-8-3-10(17)9-13(14)16/h3-9H,2H2,1H3,(H2,18,19,21). The summed E-state index contributed by atoms with van der Waals surface area (Å²) in [5, 5.41) is 6.57. The van der Waals surface area contributed by atoms with E-state index in [9.17, 15) is 4.39 Å². The molecular formula is C15H14ClFN2OS. The molecule has 0 aliphatic heterocycles. The minimum absolute atomic E-state index is 0.269. The zero-order valence-electron chi connectivity index (χ0n) is 11.3. The lowest BCUT2D eigenvalue weighted by molar-refractivity contribution is 0.340. The fraction of sp³-hybridized carbons (Fsp3) is 0.133. The highest BCUT2D eigenvalue weighted by molar-refractivity contribution is 7.80. The van der Waals surface area contributed by atoms with E-state index < -0.39 is 5.82 Å². The monoisotopic (exact) mass is 324 g/mol. The number of halogens is 2. The lowest BCUT2D eigenvalue weighted by atomic mass is 10.3. The molecule has 0 bridgehead atoms. The minimum Gasteiger partial charge on any atom is -0.494 e. The third-order valence-corrected chi connectivity index (χ3v) is 3.12. The maximum atomic E-state index is 13.0. The van der Waals surface area contributed by atoms with E-state index in [1.54, 1.807) is 0 Å². The summed E-state index contributed by atoms with van der Waals surface area (Å²) >= 11 is 11.1. The topological polar surface area (TPSA) is 33.3 Å². The second-order valence-electron chi connectivity index (χ2n) is 4.16. The van der Waals surface area contributed by atoms with Crippen molar-refractivity contribution < 1.29 is 9.13 Å². The Morgan fingerprint density at radius 3 is 2.52 bits per heavy atom. The third kappa shape index (κ3) is 4.58. The molecule has 2 rings (SSSR count). The van der Waals surface area contributed by atoms with Crippen molar-refractivity contribution >= 4 is 40.3 Å². The third-order valence-electron chi connectivity index (χ3n) is 2.60. The molecule has 21 heavy (non-hydrogen) atoms. The zero-order valence-corrected chi connectivity index (χ0v) is 12.9. The van der Waals surface area contributed by atoms with Crippen LogP contribution in [0.5, 0.6) is 5.75 Å². The number of hydrogen-bond donors (Lipinski definition) is 2. The Morgan fingerprint density at radius 2 is 1.90 bits per heavy atom. The van der Waals surface area contributed by atoms with Crippen molar-refractivity contribution in [2.24, 2.45) is 0 Å². The Morgan fingerprint density at radius 1 is 1.19 bits per heavy atom. The number of nitrogens with one attached hydrogen (secondary N) is 2. The summed E-state index contributed by atoms with van der Waals surface area (Å²) in [5.74, 6) is 0.402. The molecule has 0 unspecified atom stereocenters. The predicted molar refractivity (Wildman–Crippen MR) is 88.9 cm³/mol. The van der Waals surface area contributed by atoms with Crippen molar-refractivity contribution in [2.75, 3.05) is 17.2 Å². The Hall–Kier alpha value is -1.85. The van der Waals surface area contributed by atoms with Gasteiger partial charge in [0.05, 0.1) is 17.3 Å². The van der Waals surface area contributed by atoms with E-state index in [0.717, 1.165) is 11.4 Å². The normalized spacial score (nSPS) is 10.0. The molecule has 110 valence electrons. The molecule has 2 N–H and O–H groups in total. The molecule has 0 spiro atoms. The summed E-state index contributed by atoms with van der Waals surface area (Å²) in [7, 11) is 0. The van der Waals surface area contributed by atoms with E-state index in [1.807, 2.05) is 31.2 Å². The van der Waals surface area contributed by atoms with Gasteiger partial charge in [0.1, 0.15) is 11.6 Å². The maximum absolute atomic E-state index is 13.0. The molecule has 6 heteroatoms. The fourth-order valence-corrected chi connectivity index (χ4v) is 2.12. The van der Waals surface area contributed by atoms with Crippen LogP contribution in [0.4, 0.5) is 15.8 Å². The molecule has 0 fully saturated rings. The molecule has 0 heterocycles. The smallest absolute Gasteiger partial charge is 0.175 e. The molecule has 3 nitrogen and oxygen atoms in total. The molecule has 0 amide bonds. The molecule has 0 saturated carbocycles. The fourth-order valence-electron chi connectivity index (χ4n) is 1.68. The second-order valence-corrected chi connectivity index (χ2v) is 4.98. The zero-order chi connectivity index (χ0) is 15.2. The van der Waals surface area contributed by atoms with Crippen LogP contribution in [0.25, 0.3) is 0 Å². The van der Waals surface area contributed by atoms with Crippen molar-refractivity contribution in [2.45, 2.75) is 6.92 Å². The van der Waals surface area contributed by atoms with E-state index in [1.165, 1.54) is 18.2 Å². The SMILES string of the molecule is CCOc1ccc(NC(=S)Nc2ccc(F)cc2Cl)cc1. The summed E-state index contributed by atoms with van der Waals surface area (Å²) in [4.78, 5) is 0. The predicted octanol–water partition coefficient (Wildman–Crippen LogP) is 4.69. The van der Waals surface area contributed by atoms with Crippen LogP contribution in [0.3, 0.4) is 0 Å². The van der Waals surface area contributed by atoms with Gasteiger partial charge in [-0.15, -0.1) is 0 Å². The Bertz CT molecular complexity index is 634. The average Bonchev–Trinajstić information content (AvgIpc) is 2.44. The van der Waals surface area contributed by atoms with Crippen LogP contribution in [0.1, 0.15) is 6.92 Å². The average molecular weight is 325 g/mol. The molecular weight excluding hydrogens is 311 g/mol. The van der Waals surface area contributed by atoms with Crippen LogP contribution in [-0.4, -0.2) is 11.7 Å². The first kappa shape index (κ1) is 15.5. The highest BCUT2D eigenvalue weighted by atomic mass is 35.5. The molecule has 0 atom stereocenters. The van der Waals surface area contributed by atoms with Crippen molar-refractivity contribution in [3.05, 3.63) is 53.3 Å². The molecule has 2 aromatic carbocycles. The quantitative estimate of drug-likeness (QED) is 0.800. The van der Waals surface area contributed by atoms with Crippen molar-refractivity contribution in [1.29, 1.82) is 0 Å². The number of benzene rings is 2. The first-order valence-electron chi connectivity index (χ1n) is 6.34. The van der Waals surface area contributed by atoms with Gasteiger partial charge in [0.2, 0.25) is 0 Å². The van der Waals surface area contributed by atoms with Gasteiger partial charge in [0.15, 0.2) is 5.11 Å². The second kappa shape index (κ2) is 7.24. The van der Waals surface area contributed by atoms with Gasteiger partial charge >= 0.3 is 0 Å². The van der Waals surface area contributed by atoms with E-state index in [0.29, 0.717) is 17.4 Å². The van der Waals surface area contributed by atoms with Gasteiger partial charge < -0.3 is 15.4 Å². The first-order valence-corrected chi connectivity index (χ1v) is 7.13. The number of thiocarbonyl (C=S) groups is 1. The van der Waals surface area contributed by atoms with E-state index in [2.05, 4.69) is 10.6 Å². The van der Waals surface area contributed by atoms with Crippen LogP contribution >= 0.6 is 23.8 Å². The summed E-state index contributed by atoms with van der Waals surface area (Å²) in [6, 6.07) is 11.5. The van der Waals surface area contributed by atoms with Gasteiger partial charge in [-0.05, 0) is 61.6 Å². The van der Waals surface area contributed by atoms with Gasteiger partial charge in [0.25, 0.3) is 0 Å². The number of anilines is 2. The maximum Gasteiger partial charge on any atom is 0.175 e. The molecule has 0 aliphatic carbocycles. The van der Waals surface area contributed by atoms with E-state index in [-0.39, 0.29) is 5.02 Å². The van der Waals surface area contributed by atoms with Gasteiger partial charge in [-0.25, -0.2) is 4.39 Å². The van der Waals surface area contributed by atoms with Crippen molar-refractivity contribution in [3.63, 3.8) is 0 Å². The van der Waals surface area contributed by atoms with E-state index >= 15 is 0 Å². The van der Waals surface area contributed by atoms with Crippen molar-refractivity contribution in [3.8, 4) is 5.75 Å².